The van der Waals surface area contributed by atoms with E-state index in [-0.39, 0.29) is 5.56 Å². The van der Waals surface area contributed by atoms with Gasteiger partial charge in [-0.2, -0.15) is 0 Å². The number of amides is 1. The molecule has 20 heavy (non-hydrogen) atoms. The first-order chi connectivity index (χ1) is 9.35. The average Bonchev–Trinajstić information content (AvgIpc) is 2.40. The van der Waals surface area contributed by atoms with Gasteiger partial charge in [-0.15, -0.1) is 0 Å². The van der Waals surface area contributed by atoms with Crippen molar-refractivity contribution in [2.24, 2.45) is 0 Å². The molecule has 0 heterocycles. The number of rotatable bonds is 5. The third kappa shape index (κ3) is 3.98. The number of benzene rings is 1. The molecule has 0 aliphatic carbocycles. The second-order valence-electron chi connectivity index (χ2n) is 4.22. The summed E-state index contributed by atoms with van der Waals surface area (Å²) in [6, 6.07) is 3.24. The van der Waals surface area contributed by atoms with Crippen LogP contribution in [0.2, 0.25) is 0 Å². The zero-order chi connectivity index (χ0) is 15.3. The predicted molar refractivity (Wildman–Crippen MR) is 71.1 cm³/mol. The number of carbonyl (C=O) groups is 3. The quantitative estimate of drug-likeness (QED) is 0.528. The molecule has 0 spiro atoms. The van der Waals surface area contributed by atoms with Crippen molar-refractivity contribution in [3.05, 3.63) is 29.3 Å². The number of ether oxygens (including phenoxy) is 1. The van der Waals surface area contributed by atoms with Crippen LogP contribution in [-0.4, -0.2) is 36.1 Å². The van der Waals surface area contributed by atoms with Crippen molar-refractivity contribution in [1.82, 2.24) is 5.32 Å². The summed E-state index contributed by atoms with van der Waals surface area (Å²) in [5.74, 6) is -2.62. The number of carboxylic acid groups (broad SMARTS) is 1. The Bertz CT molecular complexity index is 542. The van der Waals surface area contributed by atoms with E-state index in [2.05, 4.69) is 10.1 Å². The monoisotopic (exact) mass is 280 g/mol. The summed E-state index contributed by atoms with van der Waals surface area (Å²) in [6.07, 6.45) is -0.439. The third-order valence-corrected chi connectivity index (χ3v) is 2.73. The first-order valence-electron chi connectivity index (χ1n) is 5.81. The molecule has 0 saturated heterocycles. The van der Waals surface area contributed by atoms with Crippen molar-refractivity contribution in [1.29, 1.82) is 0 Å². The molecular formula is C13H16N2O5. The smallest absolute Gasteiger partial charge is 0.326 e. The van der Waals surface area contributed by atoms with Crippen LogP contribution in [0.15, 0.2) is 18.2 Å². The predicted octanol–water partition coefficient (Wildman–Crippen LogP) is 0.323. The number of carboxylic acids is 1. The van der Waals surface area contributed by atoms with Crippen molar-refractivity contribution < 1.29 is 24.2 Å². The summed E-state index contributed by atoms with van der Waals surface area (Å²) < 4.78 is 4.38. The Kier molecular flexibility index (Phi) is 5.08. The summed E-state index contributed by atoms with van der Waals surface area (Å²) in [5.41, 5.74) is 7.15. The molecule has 1 rings (SSSR count). The molecule has 7 heteroatoms. The molecule has 1 aromatic rings. The van der Waals surface area contributed by atoms with Gasteiger partial charge in [-0.25, -0.2) is 4.79 Å². The summed E-state index contributed by atoms with van der Waals surface area (Å²) in [5, 5.41) is 11.2. The molecule has 0 aliphatic rings. The zero-order valence-electron chi connectivity index (χ0n) is 11.2. The maximum Gasteiger partial charge on any atom is 0.326 e. The number of methoxy groups -OCH3 is 1. The Labute approximate surface area is 115 Å². The van der Waals surface area contributed by atoms with E-state index in [4.69, 9.17) is 10.8 Å². The van der Waals surface area contributed by atoms with Crippen molar-refractivity contribution in [2.45, 2.75) is 19.4 Å². The van der Waals surface area contributed by atoms with Crippen molar-refractivity contribution in [3.8, 4) is 0 Å². The standard InChI is InChI=1S/C13H16N2O5/c1-7-5-8(3-4-9(7)14)12(17)15-10(13(18)19)6-11(16)20-2/h3-5,10H,6,14H2,1-2H3,(H,15,17)(H,18,19)/t10-/m0/s1. The third-order valence-electron chi connectivity index (χ3n) is 2.73. The minimum atomic E-state index is -1.34. The minimum Gasteiger partial charge on any atom is -0.480 e. The lowest BCUT2D eigenvalue weighted by Gasteiger charge is -2.13. The zero-order valence-corrected chi connectivity index (χ0v) is 11.2. The number of hydrogen-bond acceptors (Lipinski definition) is 5. The van der Waals surface area contributed by atoms with Crippen LogP contribution in [-0.2, 0) is 14.3 Å². The number of aryl methyl sites for hydroxylation is 1. The van der Waals surface area contributed by atoms with Gasteiger partial charge in [-0.3, -0.25) is 9.59 Å². The van der Waals surface area contributed by atoms with Crippen LogP contribution in [0, 0.1) is 6.92 Å². The summed E-state index contributed by atoms with van der Waals surface area (Å²) in [6.45, 7) is 1.73. The highest BCUT2D eigenvalue weighted by Gasteiger charge is 2.24. The summed E-state index contributed by atoms with van der Waals surface area (Å²) >= 11 is 0. The fourth-order valence-electron chi connectivity index (χ4n) is 1.51. The van der Waals surface area contributed by atoms with Gasteiger partial charge in [-0.1, -0.05) is 0 Å². The van der Waals surface area contributed by atoms with Crippen LogP contribution >= 0.6 is 0 Å². The maximum atomic E-state index is 11.9. The average molecular weight is 280 g/mol. The van der Waals surface area contributed by atoms with Crippen LogP contribution in [0.1, 0.15) is 22.3 Å². The molecule has 0 bridgehead atoms. The molecule has 0 fully saturated rings. The molecular weight excluding hydrogens is 264 g/mol. The van der Waals surface area contributed by atoms with E-state index in [1.165, 1.54) is 6.07 Å². The van der Waals surface area contributed by atoms with Crippen molar-refractivity contribution >= 4 is 23.5 Å². The van der Waals surface area contributed by atoms with Crippen LogP contribution in [0.25, 0.3) is 0 Å². The van der Waals surface area contributed by atoms with Gasteiger partial charge in [0.1, 0.15) is 6.04 Å². The van der Waals surface area contributed by atoms with Gasteiger partial charge < -0.3 is 20.9 Å². The molecule has 1 atom stereocenters. The Morgan fingerprint density at radius 1 is 1.40 bits per heavy atom. The number of nitrogens with two attached hydrogens (primary N) is 1. The highest BCUT2D eigenvalue weighted by atomic mass is 16.5. The van der Waals surface area contributed by atoms with Gasteiger partial charge in [0.15, 0.2) is 0 Å². The number of nitrogen functional groups attached to an aromatic ring is 1. The lowest BCUT2D eigenvalue weighted by Crippen LogP contribution is -2.42. The number of anilines is 1. The van der Waals surface area contributed by atoms with Crippen LogP contribution in [0.5, 0.6) is 0 Å². The molecule has 108 valence electrons. The maximum absolute atomic E-state index is 11.9. The molecule has 7 nitrogen and oxygen atoms in total. The van der Waals surface area contributed by atoms with Crippen molar-refractivity contribution in [2.75, 3.05) is 12.8 Å². The lowest BCUT2D eigenvalue weighted by molar-refractivity contribution is -0.147. The molecule has 0 radical (unpaired) electrons. The highest BCUT2D eigenvalue weighted by molar-refractivity contribution is 5.97. The lowest BCUT2D eigenvalue weighted by atomic mass is 10.1. The van der Waals surface area contributed by atoms with Crippen molar-refractivity contribution in [3.63, 3.8) is 0 Å². The van der Waals surface area contributed by atoms with Gasteiger partial charge in [0, 0.05) is 11.3 Å². The number of esters is 1. The van der Waals surface area contributed by atoms with Crippen LogP contribution < -0.4 is 11.1 Å². The van der Waals surface area contributed by atoms with E-state index in [0.29, 0.717) is 11.3 Å². The second-order valence-corrected chi connectivity index (χ2v) is 4.22. The molecule has 0 unspecified atom stereocenters. The first-order valence-corrected chi connectivity index (χ1v) is 5.81. The largest absolute Gasteiger partial charge is 0.480 e. The molecule has 0 saturated carbocycles. The van der Waals surface area contributed by atoms with Gasteiger partial charge in [0.2, 0.25) is 0 Å². The highest BCUT2D eigenvalue weighted by Crippen LogP contribution is 2.12. The molecule has 0 aromatic heterocycles. The topological polar surface area (TPSA) is 119 Å². The van der Waals surface area contributed by atoms with Crippen LogP contribution in [0.3, 0.4) is 0 Å². The second kappa shape index (κ2) is 6.55. The summed E-state index contributed by atoms with van der Waals surface area (Å²) in [4.78, 5) is 34.0. The normalized spacial score (nSPS) is 11.5. The van der Waals surface area contributed by atoms with E-state index < -0.39 is 30.3 Å². The SMILES string of the molecule is COC(=O)C[C@H](NC(=O)c1ccc(N)c(C)c1)C(=O)O. The number of hydrogen-bond donors (Lipinski definition) is 3. The number of aliphatic carboxylic acids is 1. The fourth-order valence-corrected chi connectivity index (χ4v) is 1.51. The molecule has 4 N–H and O–H groups in total. The minimum absolute atomic E-state index is 0.271. The summed E-state index contributed by atoms with van der Waals surface area (Å²) in [7, 11) is 1.15. The van der Waals surface area contributed by atoms with Gasteiger partial charge in [0.25, 0.3) is 5.91 Å². The van der Waals surface area contributed by atoms with E-state index in [9.17, 15) is 14.4 Å². The van der Waals surface area contributed by atoms with E-state index in [1.807, 2.05) is 0 Å². The Hall–Kier alpha value is -2.57. The van der Waals surface area contributed by atoms with E-state index >= 15 is 0 Å². The van der Waals surface area contributed by atoms with E-state index in [0.717, 1.165) is 7.11 Å². The Balaban J connectivity index is 2.82. The molecule has 1 aromatic carbocycles. The number of carbonyl (C=O) groups excluding carboxylic acids is 2. The van der Waals surface area contributed by atoms with Crippen LogP contribution in [0.4, 0.5) is 5.69 Å². The first kappa shape index (κ1) is 15.5. The Morgan fingerprint density at radius 3 is 2.55 bits per heavy atom. The number of nitrogens with one attached hydrogen (secondary N) is 1. The Morgan fingerprint density at radius 2 is 2.05 bits per heavy atom. The molecule has 0 aliphatic heterocycles. The fraction of sp³-hybridized carbons (Fsp3) is 0.308. The van der Waals surface area contributed by atoms with Gasteiger partial charge in [-0.05, 0) is 30.7 Å². The molecule has 1 amide bonds. The van der Waals surface area contributed by atoms with E-state index in [1.54, 1.807) is 19.1 Å². The van der Waals surface area contributed by atoms with Gasteiger partial charge in [0.05, 0.1) is 13.5 Å². The van der Waals surface area contributed by atoms with Gasteiger partial charge >= 0.3 is 11.9 Å².